The van der Waals surface area contributed by atoms with Crippen molar-refractivity contribution >= 4 is 11.9 Å². The van der Waals surface area contributed by atoms with Gasteiger partial charge in [-0.2, -0.15) is 0 Å². The van der Waals surface area contributed by atoms with Gasteiger partial charge in [0.05, 0.1) is 12.3 Å². The number of hydrogen-bond donors (Lipinski definition) is 0. The predicted molar refractivity (Wildman–Crippen MR) is 80.8 cm³/mol. The first-order valence-electron chi connectivity index (χ1n) is 6.52. The average Bonchev–Trinajstić information content (AvgIpc) is 2.37. The van der Waals surface area contributed by atoms with Crippen molar-refractivity contribution < 1.29 is 4.74 Å². The van der Waals surface area contributed by atoms with Crippen molar-refractivity contribution in [3.8, 4) is 5.75 Å². The Morgan fingerprint density at radius 2 is 1.63 bits per heavy atom. The van der Waals surface area contributed by atoms with Crippen molar-refractivity contribution in [3.63, 3.8) is 0 Å². The summed E-state index contributed by atoms with van der Waals surface area (Å²) in [7, 11) is 0. The first-order valence-corrected chi connectivity index (χ1v) is 6.52. The molecule has 0 saturated carbocycles. The summed E-state index contributed by atoms with van der Waals surface area (Å²) in [5.41, 5.74) is 4.53. The topological polar surface area (TPSA) is 21.6 Å². The smallest absolute Gasteiger partial charge is 0.119 e. The van der Waals surface area contributed by atoms with Gasteiger partial charge in [-0.1, -0.05) is 6.07 Å². The van der Waals surface area contributed by atoms with Gasteiger partial charge in [0, 0.05) is 6.21 Å². The highest BCUT2D eigenvalue weighted by atomic mass is 16.5. The van der Waals surface area contributed by atoms with Crippen LogP contribution in [0.1, 0.15) is 23.6 Å². The zero-order chi connectivity index (χ0) is 13.7. The van der Waals surface area contributed by atoms with E-state index < -0.39 is 0 Å². The fourth-order valence-electron chi connectivity index (χ4n) is 1.99. The van der Waals surface area contributed by atoms with Crippen molar-refractivity contribution in [1.82, 2.24) is 0 Å². The number of aliphatic imine (C=N–C) groups is 1. The lowest BCUT2D eigenvalue weighted by molar-refractivity contribution is 0.340. The molecule has 0 N–H and O–H groups in total. The molecular formula is C17H19NO. The Morgan fingerprint density at radius 1 is 1.00 bits per heavy atom. The van der Waals surface area contributed by atoms with Gasteiger partial charge in [-0.05, 0) is 73.9 Å². The SMILES string of the molecule is CCOc1ccc(C=Nc2cc(C)cc(C)c2)cc1. The van der Waals surface area contributed by atoms with Crippen LogP contribution in [0.15, 0.2) is 47.5 Å². The van der Waals surface area contributed by atoms with Crippen LogP contribution < -0.4 is 4.74 Å². The number of benzene rings is 2. The summed E-state index contributed by atoms with van der Waals surface area (Å²) in [6, 6.07) is 14.3. The van der Waals surface area contributed by atoms with E-state index in [1.807, 2.05) is 37.4 Å². The van der Waals surface area contributed by atoms with Crippen LogP contribution in [0, 0.1) is 13.8 Å². The van der Waals surface area contributed by atoms with Crippen LogP contribution >= 0.6 is 0 Å². The van der Waals surface area contributed by atoms with Crippen molar-refractivity contribution in [2.24, 2.45) is 4.99 Å². The highest BCUT2D eigenvalue weighted by Gasteiger charge is 1.94. The maximum absolute atomic E-state index is 5.41. The molecule has 0 aromatic heterocycles. The average molecular weight is 253 g/mol. The molecule has 0 amide bonds. The Morgan fingerprint density at radius 3 is 2.21 bits per heavy atom. The summed E-state index contributed by atoms with van der Waals surface area (Å²) in [6.07, 6.45) is 1.88. The van der Waals surface area contributed by atoms with Gasteiger partial charge in [0.2, 0.25) is 0 Å². The van der Waals surface area contributed by atoms with Crippen LogP contribution in [0.5, 0.6) is 5.75 Å². The molecule has 0 aliphatic heterocycles. The summed E-state index contributed by atoms with van der Waals surface area (Å²) >= 11 is 0. The molecule has 2 heteroatoms. The molecule has 0 heterocycles. The van der Waals surface area contributed by atoms with Crippen LogP contribution in [0.2, 0.25) is 0 Å². The third-order valence-corrected chi connectivity index (χ3v) is 2.76. The van der Waals surface area contributed by atoms with E-state index in [1.165, 1.54) is 11.1 Å². The number of aryl methyl sites for hydroxylation is 2. The van der Waals surface area contributed by atoms with Crippen LogP contribution in [0.3, 0.4) is 0 Å². The second-order valence-corrected chi connectivity index (χ2v) is 4.61. The Hall–Kier alpha value is -2.09. The van der Waals surface area contributed by atoms with E-state index in [1.54, 1.807) is 0 Å². The van der Waals surface area contributed by atoms with Gasteiger partial charge in [0.1, 0.15) is 5.75 Å². The molecule has 2 aromatic carbocycles. The summed E-state index contributed by atoms with van der Waals surface area (Å²) < 4.78 is 5.41. The van der Waals surface area contributed by atoms with Gasteiger partial charge in [0.15, 0.2) is 0 Å². The molecule has 0 saturated heterocycles. The fourth-order valence-corrected chi connectivity index (χ4v) is 1.99. The molecule has 2 rings (SSSR count). The maximum atomic E-state index is 5.41. The molecule has 0 fully saturated rings. The molecule has 19 heavy (non-hydrogen) atoms. The van der Waals surface area contributed by atoms with E-state index >= 15 is 0 Å². The van der Waals surface area contributed by atoms with Gasteiger partial charge in [-0.15, -0.1) is 0 Å². The Bertz CT molecular complexity index is 550. The number of ether oxygens (including phenoxy) is 1. The first-order chi connectivity index (χ1) is 9.17. The molecule has 0 spiro atoms. The van der Waals surface area contributed by atoms with E-state index in [9.17, 15) is 0 Å². The third kappa shape index (κ3) is 3.95. The molecule has 2 nitrogen and oxygen atoms in total. The van der Waals surface area contributed by atoms with Gasteiger partial charge < -0.3 is 4.74 Å². The molecule has 0 aliphatic rings. The van der Waals surface area contributed by atoms with Gasteiger partial charge in [-0.25, -0.2) is 0 Å². The lowest BCUT2D eigenvalue weighted by Crippen LogP contribution is -1.91. The number of hydrogen-bond acceptors (Lipinski definition) is 2. The van der Waals surface area contributed by atoms with Gasteiger partial charge in [-0.3, -0.25) is 4.99 Å². The quantitative estimate of drug-likeness (QED) is 0.737. The van der Waals surface area contributed by atoms with E-state index in [2.05, 4.69) is 37.0 Å². The Labute approximate surface area is 114 Å². The molecule has 2 aromatic rings. The lowest BCUT2D eigenvalue weighted by Gasteiger charge is -2.02. The van der Waals surface area contributed by atoms with E-state index in [0.717, 1.165) is 17.0 Å². The van der Waals surface area contributed by atoms with Gasteiger partial charge >= 0.3 is 0 Å². The minimum Gasteiger partial charge on any atom is -0.494 e. The van der Waals surface area contributed by atoms with Crippen LogP contribution in [0.25, 0.3) is 0 Å². The highest BCUT2D eigenvalue weighted by molar-refractivity contribution is 5.82. The fraction of sp³-hybridized carbons (Fsp3) is 0.235. The van der Waals surface area contributed by atoms with Gasteiger partial charge in [0.25, 0.3) is 0 Å². The van der Waals surface area contributed by atoms with Crippen molar-refractivity contribution in [2.75, 3.05) is 6.61 Å². The van der Waals surface area contributed by atoms with Crippen LogP contribution in [0.4, 0.5) is 5.69 Å². The summed E-state index contributed by atoms with van der Waals surface area (Å²) in [5, 5.41) is 0. The summed E-state index contributed by atoms with van der Waals surface area (Å²) in [4.78, 5) is 4.51. The summed E-state index contributed by atoms with van der Waals surface area (Å²) in [6.45, 7) is 6.84. The molecule has 0 atom stereocenters. The van der Waals surface area contributed by atoms with Crippen LogP contribution in [-0.2, 0) is 0 Å². The molecular weight excluding hydrogens is 234 g/mol. The monoisotopic (exact) mass is 253 g/mol. The Kier molecular flexibility index (Phi) is 4.35. The predicted octanol–water partition coefficient (Wildman–Crippen LogP) is 4.45. The van der Waals surface area contributed by atoms with E-state index in [-0.39, 0.29) is 0 Å². The van der Waals surface area contributed by atoms with Crippen molar-refractivity contribution in [3.05, 3.63) is 59.2 Å². The molecule has 0 bridgehead atoms. The maximum Gasteiger partial charge on any atom is 0.119 e. The van der Waals surface area contributed by atoms with E-state index in [4.69, 9.17) is 4.74 Å². The Balaban J connectivity index is 2.13. The van der Waals surface area contributed by atoms with Crippen molar-refractivity contribution in [2.45, 2.75) is 20.8 Å². The molecule has 0 radical (unpaired) electrons. The minimum absolute atomic E-state index is 0.690. The summed E-state index contributed by atoms with van der Waals surface area (Å²) in [5.74, 6) is 0.894. The lowest BCUT2D eigenvalue weighted by atomic mass is 10.1. The second-order valence-electron chi connectivity index (χ2n) is 4.61. The molecule has 98 valence electrons. The number of nitrogens with zero attached hydrogens (tertiary/aromatic N) is 1. The highest BCUT2D eigenvalue weighted by Crippen LogP contribution is 2.17. The zero-order valence-corrected chi connectivity index (χ0v) is 11.7. The van der Waals surface area contributed by atoms with Crippen LogP contribution in [-0.4, -0.2) is 12.8 Å². The second kappa shape index (κ2) is 6.19. The van der Waals surface area contributed by atoms with E-state index in [0.29, 0.717) is 6.61 Å². The molecule has 0 unspecified atom stereocenters. The zero-order valence-electron chi connectivity index (χ0n) is 11.7. The largest absolute Gasteiger partial charge is 0.494 e. The minimum atomic E-state index is 0.690. The normalized spacial score (nSPS) is 10.9. The number of rotatable bonds is 4. The first kappa shape index (κ1) is 13.3. The molecule has 0 aliphatic carbocycles. The van der Waals surface area contributed by atoms with Crippen molar-refractivity contribution in [1.29, 1.82) is 0 Å². The third-order valence-electron chi connectivity index (χ3n) is 2.76. The standard InChI is InChI=1S/C17H19NO/c1-4-19-17-7-5-15(6-8-17)12-18-16-10-13(2)9-14(3)11-16/h5-12H,4H2,1-3H3.